The van der Waals surface area contributed by atoms with Crippen molar-refractivity contribution in [2.75, 3.05) is 25.5 Å². The summed E-state index contributed by atoms with van der Waals surface area (Å²) >= 11 is 1.23. The Hall–Kier alpha value is -2.41. The first kappa shape index (κ1) is 17.0. The van der Waals surface area contributed by atoms with Gasteiger partial charge in [0.25, 0.3) is 11.8 Å². The van der Waals surface area contributed by atoms with Crippen molar-refractivity contribution < 1.29 is 14.3 Å². The van der Waals surface area contributed by atoms with Gasteiger partial charge < -0.3 is 9.64 Å². The van der Waals surface area contributed by atoms with E-state index in [1.54, 1.807) is 41.7 Å². The van der Waals surface area contributed by atoms with Gasteiger partial charge >= 0.3 is 0 Å². The monoisotopic (exact) mass is 333 g/mol. The number of anilines is 1. The molecule has 2 amide bonds. The number of nitrogens with one attached hydrogen (secondary N) is 1. The maximum atomic E-state index is 12.2. The lowest BCUT2D eigenvalue weighted by Gasteiger charge is -2.16. The summed E-state index contributed by atoms with van der Waals surface area (Å²) in [7, 11) is 1.57. The first-order valence-corrected chi connectivity index (χ1v) is 8.17. The number of benzene rings is 1. The Morgan fingerprint density at radius 3 is 2.43 bits per heavy atom. The van der Waals surface area contributed by atoms with Crippen molar-refractivity contribution in [2.24, 2.45) is 0 Å². The Morgan fingerprint density at radius 1 is 1.22 bits per heavy atom. The standard InChI is InChI=1S/C16H19N3O3S/c1-4-19(5-2)15(21)13-10-23-16(17-13)18-14(20)11-6-8-12(22-3)9-7-11/h6-10H,4-5H2,1-3H3,(H,17,18,20). The van der Waals surface area contributed by atoms with Gasteiger partial charge in [-0.05, 0) is 38.1 Å². The summed E-state index contributed by atoms with van der Waals surface area (Å²) < 4.78 is 5.06. The van der Waals surface area contributed by atoms with Gasteiger partial charge in [0, 0.05) is 24.0 Å². The minimum atomic E-state index is -0.274. The lowest BCUT2D eigenvalue weighted by Crippen LogP contribution is -2.30. The van der Waals surface area contributed by atoms with Gasteiger partial charge in [-0.2, -0.15) is 0 Å². The van der Waals surface area contributed by atoms with Gasteiger partial charge in [0.2, 0.25) is 0 Å². The predicted octanol–water partition coefficient (Wildman–Crippen LogP) is 2.89. The number of hydrogen-bond acceptors (Lipinski definition) is 5. The quantitative estimate of drug-likeness (QED) is 0.882. The topological polar surface area (TPSA) is 71.5 Å². The molecule has 1 aromatic carbocycles. The van der Waals surface area contributed by atoms with E-state index in [1.165, 1.54) is 11.3 Å². The molecular formula is C16H19N3O3S. The molecule has 1 N–H and O–H groups in total. The van der Waals surface area contributed by atoms with Crippen LogP contribution in [0, 0.1) is 0 Å². The summed E-state index contributed by atoms with van der Waals surface area (Å²) in [6.45, 7) is 5.08. The molecule has 0 aliphatic carbocycles. The third-order valence-corrected chi connectivity index (χ3v) is 4.10. The first-order chi connectivity index (χ1) is 11.1. The molecule has 122 valence electrons. The van der Waals surface area contributed by atoms with E-state index in [9.17, 15) is 9.59 Å². The minimum Gasteiger partial charge on any atom is -0.497 e. The van der Waals surface area contributed by atoms with Crippen LogP contribution in [0.1, 0.15) is 34.7 Å². The molecule has 0 radical (unpaired) electrons. The van der Waals surface area contributed by atoms with Gasteiger partial charge in [0.05, 0.1) is 7.11 Å². The molecule has 0 aliphatic rings. The molecule has 1 heterocycles. The van der Waals surface area contributed by atoms with Gasteiger partial charge in [-0.25, -0.2) is 4.98 Å². The highest BCUT2D eigenvalue weighted by Gasteiger charge is 2.17. The average Bonchev–Trinajstić information content (AvgIpc) is 3.04. The van der Waals surface area contributed by atoms with Crippen LogP contribution < -0.4 is 10.1 Å². The summed E-state index contributed by atoms with van der Waals surface area (Å²) in [6.07, 6.45) is 0. The van der Waals surface area contributed by atoms with Crippen LogP contribution in [-0.2, 0) is 0 Å². The second-order valence-electron chi connectivity index (χ2n) is 4.70. The summed E-state index contributed by atoms with van der Waals surface area (Å²) in [5.74, 6) is 0.281. The SMILES string of the molecule is CCN(CC)C(=O)c1csc(NC(=O)c2ccc(OC)cc2)n1. The van der Waals surface area contributed by atoms with Crippen LogP contribution in [-0.4, -0.2) is 41.9 Å². The average molecular weight is 333 g/mol. The molecule has 2 rings (SSSR count). The summed E-state index contributed by atoms with van der Waals surface area (Å²) in [4.78, 5) is 30.2. The highest BCUT2D eigenvalue weighted by Crippen LogP contribution is 2.18. The largest absolute Gasteiger partial charge is 0.497 e. The molecule has 0 saturated heterocycles. The van der Waals surface area contributed by atoms with Gasteiger partial charge in [0.1, 0.15) is 11.4 Å². The van der Waals surface area contributed by atoms with Crippen LogP contribution in [0.25, 0.3) is 0 Å². The number of thiazole rings is 1. The van der Waals surface area contributed by atoms with Crippen LogP contribution in [0.5, 0.6) is 5.75 Å². The lowest BCUT2D eigenvalue weighted by atomic mass is 10.2. The summed E-state index contributed by atoms with van der Waals surface area (Å²) in [5, 5.41) is 4.76. The van der Waals surface area contributed by atoms with E-state index < -0.39 is 0 Å². The number of rotatable bonds is 6. The molecule has 0 unspecified atom stereocenters. The number of hydrogen-bond donors (Lipinski definition) is 1. The van der Waals surface area contributed by atoms with Gasteiger partial charge in [-0.15, -0.1) is 11.3 Å². The third-order valence-electron chi connectivity index (χ3n) is 3.35. The number of nitrogens with zero attached hydrogens (tertiary/aromatic N) is 2. The fourth-order valence-electron chi connectivity index (χ4n) is 2.01. The van der Waals surface area contributed by atoms with Crippen molar-refractivity contribution in [3.63, 3.8) is 0 Å². The molecule has 6 nitrogen and oxygen atoms in total. The number of aromatic nitrogens is 1. The minimum absolute atomic E-state index is 0.129. The normalized spacial score (nSPS) is 10.2. The van der Waals surface area contributed by atoms with E-state index in [2.05, 4.69) is 10.3 Å². The summed E-state index contributed by atoms with van der Waals surface area (Å²) in [5.41, 5.74) is 0.848. The van der Waals surface area contributed by atoms with E-state index >= 15 is 0 Å². The van der Waals surface area contributed by atoms with E-state index in [0.717, 1.165) is 0 Å². The maximum absolute atomic E-state index is 12.2. The van der Waals surface area contributed by atoms with Gasteiger partial charge in [-0.3, -0.25) is 14.9 Å². The van der Waals surface area contributed by atoms with Crippen molar-refractivity contribution in [1.82, 2.24) is 9.88 Å². The molecule has 7 heteroatoms. The zero-order chi connectivity index (χ0) is 16.8. The van der Waals surface area contributed by atoms with Crippen molar-refractivity contribution in [2.45, 2.75) is 13.8 Å². The second kappa shape index (κ2) is 7.73. The smallest absolute Gasteiger partial charge is 0.273 e. The molecule has 0 atom stereocenters. The molecule has 0 spiro atoms. The van der Waals surface area contributed by atoms with E-state index in [4.69, 9.17) is 4.74 Å². The van der Waals surface area contributed by atoms with Crippen molar-refractivity contribution in [3.8, 4) is 5.75 Å². The molecule has 0 saturated carbocycles. The van der Waals surface area contributed by atoms with Crippen molar-refractivity contribution in [3.05, 3.63) is 40.9 Å². The first-order valence-electron chi connectivity index (χ1n) is 7.29. The number of ether oxygens (including phenoxy) is 1. The van der Waals surface area contributed by atoms with Crippen molar-refractivity contribution >= 4 is 28.3 Å². The maximum Gasteiger partial charge on any atom is 0.273 e. The number of carbonyl (C=O) groups excluding carboxylic acids is 2. The Morgan fingerprint density at radius 2 is 1.87 bits per heavy atom. The molecule has 0 fully saturated rings. The van der Waals surface area contributed by atoms with Crippen LogP contribution in [0.3, 0.4) is 0 Å². The Balaban J connectivity index is 2.06. The second-order valence-corrected chi connectivity index (χ2v) is 5.56. The van der Waals surface area contributed by atoms with E-state index in [0.29, 0.717) is 35.2 Å². The molecule has 0 bridgehead atoms. The highest BCUT2D eigenvalue weighted by atomic mass is 32.1. The number of amides is 2. The van der Waals surface area contributed by atoms with Gasteiger partial charge in [-0.1, -0.05) is 0 Å². The van der Waals surface area contributed by atoms with Gasteiger partial charge in [0.15, 0.2) is 5.13 Å². The Labute approximate surface area is 139 Å². The molecule has 1 aromatic heterocycles. The molecule has 0 aliphatic heterocycles. The van der Waals surface area contributed by atoms with Crippen LogP contribution in [0.2, 0.25) is 0 Å². The number of methoxy groups -OCH3 is 1. The van der Waals surface area contributed by atoms with E-state index in [1.807, 2.05) is 13.8 Å². The van der Waals surface area contributed by atoms with Crippen LogP contribution in [0.15, 0.2) is 29.6 Å². The zero-order valence-corrected chi connectivity index (χ0v) is 14.1. The summed E-state index contributed by atoms with van der Waals surface area (Å²) in [6, 6.07) is 6.77. The van der Waals surface area contributed by atoms with Crippen molar-refractivity contribution in [1.29, 1.82) is 0 Å². The van der Waals surface area contributed by atoms with Crippen LogP contribution in [0.4, 0.5) is 5.13 Å². The predicted molar refractivity (Wildman–Crippen MR) is 90.3 cm³/mol. The Bertz CT molecular complexity index is 678. The zero-order valence-electron chi connectivity index (χ0n) is 13.3. The highest BCUT2D eigenvalue weighted by molar-refractivity contribution is 7.14. The fourth-order valence-corrected chi connectivity index (χ4v) is 2.69. The third kappa shape index (κ3) is 4.07. The van der Waals surface area contributed by atoms with Crippen LogP contribution >= 0.6 is 11.3 Å². The number of carbonyl (C=O) groups is 2. The molecular weight excluding hydrogens is 314 g/mol. The molecule has 23 heavy (non-hydrogen) atoms. The van der Waals surface area contributed by atoms with E-state index in [-0.39, 0.29) is 11.8 Å². The lowest BCUT2D eigenvalue weighted by molar-refractivity contribution is 0.0767. The molecule has 2 aromatic rings. The Kier molecular flexibility index (Phi) is 5.70. The fraction of sp³-hybridized carbons (Fsp3) is 0.312.